The van der Waals surface area contributed by atoms with Gasteiger partial charge in [0.1, 0.15) is 22.8 Å². The van der Waals surface area contributed by atoms with Gasteiger partial charge in [0.25, 0.3) is 5.91 Å². The fraction of sp³-hybridized carbons (Fsp3) is 0.480. The second-order valence-corrected chi connectivity index (χ2v) is 9.78. The van der Waals surface area contributed by atoms with Crippen LogP contribution in [0.25, 0.3) is 5.76 Å². The average molecular weight is 485 g/mol. The van der Waals surface area contributed by atoms with Gasteiger partial charge in [-0.05, 0) is 43.2 Å². The summed E-state index contributed by atoms with van der Waals surface area (Å²) in [5, 5.41) is 44.0. The summed E-state index contributed by atoms with van der Waals surface area (Å²) in [5.41, 5.74) is 2.59. The van der Waals surface area contributed by atoms with E-state index in [4.69, 9.17) is 10.5 Å². The summed E-state index contributed by atoms with van der Waals surface area (Å²) < 4.78 is 5.41. The molecule has 1 amide bonds. The summed E-state index contributed by atoms with van der Waals surface area (Å²) in [7, 11) is 1.61. The Balaban J connectivity index is 1.66. The zero-order chi connectivity index (χ0) is 25.2. The van der Waals surface area contributed by atoms with E-state index in [1.807, 2.05) is 4.90 Å². The van der Waals surface area contributed by atoms with E-state index in [1.165, 1.54) is 6.07 Å². The Labute approximate surface area is 201 Å². The monoisotopic (exact) mass is 484 g/mol. The Morgan fingerprint density at radius 1 is 1.17 bits per heavy atom. The third kappa shape index (κ3) is 3.24. The van der Waals surface area contributed by atoms with Crippen molar-refractivity contribution in [1.82, 2.24) is 4.90 Å². The summed E-state index contributed by atoms with van der Waals surface area (Å²) in [5.74, 6) is -6.35. The third-order valence-electron chi connectivity index (χ3n) is 8.10. The fourth-order valence-electron chi connectivity index (χ4n) is 6.40. The number of ketones is 2. The molecule has 1 saturated heterocycles. The molecule has 10 heteroatoms. The number of likely N-dealkylation sites (tertiary alicyclic amines) is 1. The number of carbonyl (C=O) groups excluding carboxylic acids is 3. The van der Waals surface area contributed by atoms with E-state index < -0.39 is 58.0 Å². The number of aliphatic hydroxyl groups is 3. The molecule has 3 aliphatic carbocycles. The summed E-state index contributed by atoms with van der Waals surface area (Å²) >= 11 is 0. The predicted octanol–water partition coefficient (Wildman–Crippen LogP) is 0.513. The molecule has 1 aliphatic heterocycles. The van der Waals surface area contributed by atoms with Gasteiger partial charge >= 0.3 is 0 Å². The van der Waals surface area contributed by atoms with Crippen molar-refractivity contribution in [3.63, 3.8) is 0 Å². The number of amides is 1. The van der Waals surface area contributed by atoms with Crippen molar-refractivity contribution < 1.29 is 39.5 Å². The number of fused-ring (bicyclic) bond motifs is 3. The highest BCUT2D eigenvalue weighted by Crippen LogP contribution is 2.52. The Kier molecular flexibility index (Phi) is 5.50. The quantitative estimate of drug-likeness (QED) is 0.384. The summed E-state index contributed by atoms with van der Waals surface area (Å²) in [4.78, 5) is 41.3. The zero-order valence-electron chi connectivity index (χ0n) is 19.2. The van der Waals surface area contributed by atoms with Gasteiger partial charge < -0.3 is 30.9 Å². The largest absolute Gasteiger partial charge is 0.508 e. The van der Waals surface area contributed by atoms with Crippen LogP contribution in [0.15, 0.2) is 35.1 Å². The highest BCUT2D eigenvalue weighted by Gasteiger charge is 2.64. The first-order chi connectivity index (χ1) is 16.6. The molecule has 0 aromatic heterocycles. The number of carbonyl (C=O) groups is 3. The van der Waals surface area contributed by atoms with Crippen molar-refractivity contribution in [3.8, 4) is 5.75 Å². The van der Waals surface area contributed by atoms with Crippen molar-refractivity contribution in [2.75, 3.05) is 20.2 Å². The minimum atomic E-state index is -2.62. The lowest BCUT2D eigenvalue weighted by Crippen LogP contribution is -2.67. The number of phenols is 1. The molecule has 1 aromatic carbocycles. The van der Waals surface area contributed by atoms with E-state index in [9.17, 15) is 34.8 Å². The molecule has 1 saturated carbocycles. The van der Waals surface area contributed by atoms with Gasteiger partial charge in [-0.15, -0.1) is 0 Å². The molecule has 1 aromatic rings. The molecule has 4 aliphatic rings. The number of phenolic OH excluding ortho intramolecular Hbond substituents is 1. The lowest BCUT2D eigenvalue weighted by atomic mass is 9.57. The van der Waals surface area contributed by atoms with Crippen LogP contribution in [0.4, 0.5) is 0 Å². The third-order valence-corrected chi connectivity index (χ3v) is 8.10. The van der Waals surface area contributed by atoms with Gasteiger partial charge in [-0.1, -0.05) is 12.1 Å². The molecule has 35 heavy (non-hydrogen) atoms. The molecule has 0 radical (unpaired) electrons. The smallest absolute Gasteiger partial charge is 0.255 e. The molecule has 10 nitrogen and oxygen atoms in total. The maximum atomic E-state index is 13.8. The van der Waals surface area contributed by atoms with Crippen LogP contribution >= 0.6 is 0 Å². The van der Waals surface area contributed by atoms with E-state index in [0.717, 1.165) is 0 Å². The highest BCUT2D eigenvalue weighted by atomic mass is 16.5. The van der Waals surface area contributed by atoms with E-state index in [2.05, 4.69) is 0 Å². The van der Waals surface area contributed by atoms with E-state index >= 15 is 0 Å². The van der Waals surface area contributed by atoms with Gasteiger partial charge in [-0.3, -0.25) is 19.3 Å². The Bertz CT molecular complexity index is 1200. The lowest BCUT2D eigenvalue weighted by molar-refractivity contribution is -0.156. The Hall–Kier alpha value is -3.21. The molecule has 0 spiro atoms. The minimum absolute atomic E-state index is 0.00498. The highest BCUT2D eigenvalue weighted by molar-refractivity contribution is 6.24. The second kappa shape index (κ2) is 8.18. The number of Topliss-reactive ketones (excluding diaryl/α,β-unsaturated/α-hetero) is 2. The maximum absolute atomic E-state index is 13.8. The van der Waals surface area contributed by atoms with Crippen LogP contribution in [0.3, 0.4) is 0 Å². The Morgan fingerprint density at radius 2 is 1.86 bits per heavy atom. The number of methoxy groups -OCH3 is 1. The van der Waals surface area contributed by atoms with Gasteiger partial charge in [0.15, 0.2) is 11.4 Å². The average Bonchev–Trinajstić information content (AvgIpc) is 2.81. The Morgan fingerprint density at radius 3 is 2.49 bits per heavy atom. The van der Waals surface area contributed by atoms with Crippen molar-refractivity contribution in [3.05, 3.63) is 46.2 Å². The number of benzene rings is 1. The molecular formula is C25H28N2O8. The van der Waals surface area contributed by atoms with Gasteiger partial charge in [0.2, 0.25) is 5.78 Å². The zero-order valence-corrected chi connectivity index (χ0v) is 19.2. The van der Waals surface area contributed by atoms with Crippen LogP contribution in [-0.4, -0.2) is 80.7 Å². The van der Waals surface area contributed by atoms with Gasteiger partial charge in [-0.25, -0.2) is 0 Å². The van der Waals surface area contributed by atoms with Crippen LogP contribution in [0.1, 0.15) is 30.4 Å². The van der Waals surface area contributed by atoms with Crippen molar-refractivity contribution in [1.29, 1.82) is 0 Å². The molecule has 4 unspecified atom stereocenters. The van der Waals surface area contributed by atoms with Gasteiger partial charge in [-0.2, -0.15) is 0 Å². The normalized spacial score (nSPS) is 31.8. The second-order valence-electron chi connectivity index (χ2n) is 9.78. The van der Waals surface area contributed by atoms with E-state index in [1.54, 1.807) is 19.2 Å². The van der Waals surface area contributed by atoms with Gasteiger partial charge in [0.05, 0.1) is 17.7 Å². The van der Waals surface area contributed by atoms with Crippen LogP contribution in [0.5, 0.6) is 5.75 Å². The van der Waals surface area contributed by atoms with Crippen molar-refractivity contribution in [2.45, 2.75) is 43.4 Å². The van der Waals surface area contributed by atoms with E-state index in [0.29, 0.717) is 37.9 Å². The number of rotatable bonds is 3. The molecular weight excluding hydrogens is 456 g/mol. The number of primary amides is 1. The molecule has 0 bridgehead atoms. The number of hydrogen-bond donors (Lipinski definition) is 5. The fourth-order valence-corrected chi connectivity index (χ4v) is 6.40. The standard InChI is InChI=1S/C25H28N2O8/c1-35-13-5-7-27(8-6-13)19-14-10-12-9-11-3-2-4-15(28)16(11)20(29)17(12)22(31)25(14,34)23(32)18(21(19)30)24(26)33/h2-4,12-14,19,28-29,32,34H,5-10H2,1H3,(H2,26,33). The van der Waals surface area contributed by atoms with E-state index in [-0.39, 0.29) is 29.4 Å². The van der Waals surface area contributed by atoms with Gasteiger partial charge in [0, 0.05) is 31.7 Å². The lowest BCUT2D eigenvalue weighted by Gasteiger charge is -2.52. The molecule has 2 fully saturated rings. The van der Waals surface area contributed by atoms with Crippen LogP contribution < -0.4 is 5.73 Å². The van der Waals surface area contributed by atoms with Crippen LogP contribution in [-0.2, 0) is 25.5 Å². The molecule has 186 valence electrons. The molecule has 5 rings (SSSR count). The number of ether oxygens (including phenoxy) is 1. The van der Waals surface area contributed by atoms with Crippen molar-refractivity contribution in [2.24, 2.45) is 17.6 Å². The first-order valence-corrected chi connectivity index (χ1v) is 11.7. The number of nitrogens with zero attached hydrogens (tertiary/aromatic N) is 1. The number of aromatic hydroxyl groups is 1. The summed E-state index contributed by atoms with van der Waals surface area (Å²) in [6, 6.07) is 3.68. The maximum Gasteiger partial charge on any atom is 0.255 e. The van der Waals surface area contributed by atoms with Crippen LogP contribution in [0.2, 0.25) is 0 Å². The predicted molar refractivity (Wildman–Crippen MR) is 122 cm³/mol. The summed E-state index contributed by atoms with van der Waals surface area (Å²) in [6.07, 6.45) is 1.62. The number of aliphatic hydroxyl groups excluding tert-OH is 2. The first kappa shape index (κ1) is 23.5. The first-order valence-electron chi connectivity index (χ1n) is 11.7. The number of piperidine rings is 1. The SMILES string of the molecule is COC1CCN(C2C(=O)C(C(N)=O)=C(O)C3(O)C(=O)C4=C(O)c5c(O)cccc5CC4CC23)CC1. The van der Waals surface area contributed by atoms with Crippen LogP contribution in [0, 0.1) is 11.8 Å². The molecule has 1 heterocycles. The molecule has 6 N–H and O–H groups in total. The topological polar surface area (TPSA) is 171 Å². The number of nitrogens with two attached hydrogens (primary N) is 1. The number of hydrogen-bond acceptors (Lipinski definition) is 9. The summed E-state index contributed by atoms with van der Waals surface area (Å²) in [6.45, 7) is 0.857. The van der Waals surface area contributed by atoms with Crippen molar-refractivity contribution >= 4 is 23.2 Å². The molecule has 4 atom stereocenters. The minimum Gasteiger partial charge on any atom is -0.508 e.